The molecule has 0 bridgehead atoms. The Kier molecular flexibility index (Phi) is 6.93. The molecule has 0 aromatic heterocycles. The Morgan fingerprint density at radius 2 is 2.08 bits per heavy atom. The van der Waals surface area contributed by atoms with Crippen LogP contribution in [-0.4, -0.2) is 104 Å². The van der Waals surface area contributed by atoms with Gasteiger partial charge in [-0.1, -0.05) is 0 Å². The lowest BCUT2D eigenvalue weighted by molar-refractivity contribution is -0.310. The Bertz CT molecular complexity index is 524. The topological polar surface area (TPSA) is 186 Å². The number of carboxylic acids is 1. The first kappa shape index (κ1) is 21.0. The van der Waals surface area contributed by atoms with Crippen molar-refractivity contribution in [1.82, 2.24) is 0 Å². The molecule has 150 valence electrons. The second kappa shape index (κ2) is 8.59. The zero-order chi connectivity index (χ0) is 19.5. The average Bonchev–Trinajstić information content (AvgIpc) is 2.59. The fourth-order valence-corrected chi connectivity index (χ4v) is 2.86. The van der Waals surface area contributed by atoms with Crippen molar-refractivity contribution in [1.29, 1.82) is 0 Å². The number of rotatable bonds is 7. The molecule has 6 unspecified atom stereocenters. The van der Waals surface area contributed by atoms with Gasteiger partial charge in [0.05, 0.1) is 38.1 Å². The molecule has 0 aliphatic carbocycles. The Balaban J connectivity index is 2.12. The number of hydrogen-bond acceptors (Lipinski definition) is 10. The minimum Gasteiger partial charge on any atom is -0.510 e. The molecule has 2 rings (SSSR count). The predicted octanol–water partition coefficient (Wildman–Crippen LogP) is -2.76. The average molecular weight is 380 g/mol. The third-order valence-corrected chi connectivity index (χ3v) is 4.27. The summed E-state index contributed by atoms with van der Waals surface area (Å²) in [5, 5.41) is 67.0. The van der Waals surface area contributed by atoms with Gasteiger partial charge >= 0.3 is 5.97 Å². The molecule has 2 aliphatic rings. The first-order valence-corrected chi connectivity index (χ1v) is 8.09. The lowest BCUT2D eigenvalue weighted by Gasteiger charge is -2.42. The minimum absolute atomic E-state index is 0.119. The summed E-state index contributed by atoms with van der Waals surface area (Å²) in [5.74, 6) is -4.27. The van der Waals surface area contributed by atoms with Gasteiger partial charge in [0.15, 0.2) is 0 Å². The number of aliphatic hydroxyl groups is 6. The van der Waals surface area contributed by atoms with Crippen LogP contribution in [0.1, 0.15) is 12.8 Å². The molecule has 7 atom stereocenters. The van der Waals surface area contributed by atoms with E-state index in [1.54, 1.807) is 0 Å². The number of aliphatic hydroxyl groups excluding tert-OH is 6. The quantitative estimate of drug-likeness (QED) is 0.242. The van der Waals surface area contributed by atoms with Crippen molar-refractivity contribution in [3.05, 3.63) is 11.8 Å². The van der Waals surface area contributed by atoms with E-state index in [-0.39, 0.29) is 18.8 Å². The molecule has 26 heavy (non-hydrogen) atoms. The Morgan fingerprint density at radius 1 is 1.38 bits per heavy atom. The Labute approximate surface area is 148 Å². The predicted molar refractivity (Wildman–Crippen MR) is 82.0 cm³/mol. The number of aliphatic carboxylic acids is 1. The molecule has 11 heteroatoms. The third kappa shape index (κ3) is 4.69. The minimum atomic E-state index is -2.35. The van der Waals surface area contributed by atoms with Gasteiger partial charge in [-0.3, -0.25) is 0 Å². The van der Waals surface area contributed by atoms with E-state index in [1.807, 2.05) is 0 Å². The second-order valence-corrected chi connectivity index (χ2v) is 6.34. The lowest BCUT2D eigenvalue weighted by Crippen LogP contribution is -2.58. The number of carboxylic acid groups (broad SMARTS) is 1. The molecule has 0 aromatic carbocycles. The highest BCUT2D eigenvalue weighted by Crippen LogP contribution is 2.33. The monoisotopic (exact) mass is 380 g/mol. The molecule has 0 radical (unpaired) electrons. The summed E-state index contributed by atoms with van der Waals surface area (Å²) in [6.45, 7) is -1.36. The van der Waals surface area contributed by atoms with Crippen LogP contribution >= 0.6 is 0 Å². The summed E-state index contributed by atoms with van der Waals surface area (Å²) < 4.78 is 15.8. The van der Waals surface area contributed by atoms with Gasteiger partial charge in [0.2, 0.25) is 0 Å². The molecule has 0 aromatic rings. The van der Waals surface area contributed by atoms with Gasteiger partial charge in [0.1, 0.15) is 24.1 Å². The van der Waals surface area contributed by atoms with Gasteiger partial charge in [0.25, 0.3) is 5.79 Å². The van der Waals surface area contributed by atoms with Crippen molar-refractivity contribution in [3.63, 3.8) is 0 Å². The summed E-state index contributed by atoms with van der Waals surface area (Å²) in [6, 6.07) is 0. The Morgan fingerprint density at radius 3 is 2.65 bits per heavy atom. The van der Waals surface area contributed by atoms with Gasteiger partial charge in [-0.15, -0.1) is 0 Å². The Hall–Kier alpha value is -1.31. The van der Waals surface area contributed by atoms with E-state index in [4.69, 9.17) is 19.3 Å². The summed E-state index contributed by atoms with van der Waals surface area (Å²) >= 11 is 0. The molecule has 11 nitrogen and oxygen atoms in total. The van der Waals surface area contributed by atoms with Gasteiger partial charge in [-0.25, -0.2) is 4.79 Å². The van der Waals surface area contributed by atoms with Gasteiger partial charge in [-0.05, 0) is 6.08 Å². The van der Waals surface area contributed by atoms with Crippen LogP contribution in [0.15, 0.2) is 11.8 Å². The number of hydrogen-bond donors (Lipinski definition) is 7. The van der Waals surface area contributed by atoms with E-state index in [1.165, 1.54) is 0 Å². The summed E-state index contributed by atoms with van der Waals surface area (Å²) in [6.07, 6.45) is -7.30. The van der Waals surface area contributed by atoms with E-state index in [0.717, 1.165) is 6.08 Å². The molecule has 0 spiro atoms. The SMILES string of the molecule is O=C(O)C1(OCC2OCC(O)C=C2O)CC(O)CC([C@H](O)C(O)CO)O1. The first-order chi connectivity index (χ1) is 12.2. The zero-order valence-corrected chi connectivity index (χ0v) is 13.8. The van der Waals surface area contributed by atoms with Crippen LogP contribution in [0.4, 0.5) is 0 Å². The van der Waals surface area contributed by atoms with Gasteiger partial charge in [-0.2, -0.15) is 0 Å². The van der Waals surface area contributed by atoms with Gasteiger partial charge < -0.3 is 50.0 Å². The highest BCUT2D eigenvalue weighted by Gasteiger charge is 2.51. The van der Waals surface area contributed by atoms with Crippen molar-refractivity contribution < 1.29 is 54.8 Å². The van der Waals surface area contributed by atoms with Crippen molar-refractivity contribution in [2.24, 2.45) is 0 Å². The lowest BCUT2D eigenvalue weighted by atomic mass is 9.93. The standard InChI is InChI=1S/C15H24O11/c16-4-10(20)13(21)11-2-7(17)3-15(26-11,14(22)23)25-6-12-9(19)1-8(18)5-24-12/h1,7-8,10-13,16-21H,2-6H2,(H,22,23)/t7?,8?,10?,11?,12?,13-,15?/m1/s1. The van der Waals surface area contributed by atoms with E-state index in [9.17, 15) is 35.4 Å². The van der Waals surface area contributed by atoms with Crippen molar-refractivity contribution >= 4 is 5.97 Å². The first-order valence-electron chi connectivity index (χ1n) is 8.09. The van der Waals surface area contributed by atoms with Crippen LogP contribution in [0.5, 0.6) is 0 Å². The molecular formula is C15H24O11. The van der Waals surface area contributed by atoms with Crippen LogP contribution in [0, 0.1) is 0 Å². The molecule has 1 fully saturated rings. The largest absolute Gasteiger partial charge is 0.510 e. The van der Waals surface area contributed by atoms with Crippen molar-refractivity contribution in [3.8, 4) is 0 Å². The van der Waals surface area contributed by atoms with Crippen molar-refractivity contribution in [2.45, 2.75) is 55.3 Å². The van der Waals surface area contributed by atoms with Crippen LogP contribution in [-0.2, 0) is 19.0 Å². The highest BCUT2D eigenvalue weighted by molar-refractivity contribution is 5.76. The molecule has 0 amide bonds. The van der Waals surface area contributed by atoms with Crippen LogP contribution in [0.3, 0.4) is 0 Å². The smallest absolute Gasteiger partial charge is 0.364 e. The van der Waals surface area contributed by atoms with E-state index in [0.29, 0.717) is 0 Å². The summed E-state index contributed by atoms with van der Waals surface area (Å²) in [7, 11) is 0. The normalized spacial score (nSPS) is 37.7. The van der Waals surface area contributed by atoms with Crippen LogP contribution < -0.4 is 0 Å². The van der Waals surface area contributed by atoms with Gasteiger partial charge in [0, 0.05) is 12.8 Å². The molecule has 2 aliphatic heterocycles. The van der Waals surface area contributed by atoms with E-state index < -0.39 is 68.0 Å². The highest BCUT2D eigenvalue weighted by atomic mass is 16.7. The fourth-order valence-electron chi connectivity index (χ4n) is 2.86. The molecule has 2 heterocycles. The second-order valence-electron chi connectivity index (χ2n) is 6.34. The maximum absolute atomic E-state index is 11.7. The summed E-state index contributed by atoms with van der Waals surface area (Å²) in [5.41, 5.74) is 0. The summed E-state index contributed by atoms with van der Waals surface area (Å²) in [4.78, 5) is 11.7. The zero-order valence-electron chi connectivity index (χ0n) is 13.8. The molecule has 1 saturated heterocycles. The van der Waals surface area contributed by atoms with E-state index in [2.05, 4.69) is 0 Å². The molecule has 0 saturated carbocycles. The van der Waals surface area contributed by atoms with Crippen LogP contribution in [0.25, 0.3) is 0 Å². The fraction of sp³-hybridized carbons (Fsp3) is 0.800. The maximum atomic E-state index is 11.7. The number of carbonyl (C=O) groups is 1. The van der Waals surface area contributed by atoms with Crippen LogP contribution in [0.2, 0.25) is 0 Å². The number of ether oxygens (including phenoxy) is 3. The van der Waals surface area contributed by atoms with E-state index >= 15 is 0 Å². The third-order valence-electron chi connectivity index (χ3n) is 4.27. The molecular weight excluding hydrogens is 356 g/mol. The molecule has 7 N–H and O–H groups in total. The maximum Gasteiger partial charge on any atom is 0.364 e. The van der Waals surface area contributed by atoms with Crippen molar-refractivity contribution in [2.75, 3.05) is 19.8 Å².